The molecule has 1 amide bonds. The highest BCUT2D eigenvalue weighted by Gasteiger charge is 2.43. The maximum absolute atomic E-state index is 12.9. The number of piperidine rings is 1. The van der Waals surface area contributed by atoms with Crippen LogP contribution in [0.1, 0.15) is 108 Å². The zero-order valence-electron chi connectivity index (χ0n) is 19.0. The molecule has 0 aromatic heterocycles. The van der Waals surface area contributed by atoms with Gasteiger partial charge in [0.25, 0.3) is 0 Å². The maximum atomic E-state index is 12.9. The molecule has 2 N–H and O–H groups in total. The largest absolute Gasteiger partial charge is 0.481 e. The summed E-state index contributed by atoms with van der Waals surface area (Å²) in [6.07, 6.45) is 12.4. The van der Waals surface area contributed by atoms with Crippen molar-refractivity contribution in [3.8, 4) is 0 Å². The summed E-state index contributed by atoms with van der Waals surface area (Å²) in [7, 11) is 0. The van der Waals surface area contributed by atoms with Gasteiger partial charge in [-0.05, 0) is 62.6 Å². The number of carboxylic acid groups (broad SMARTS) is 1. The van der Waals surface area contributed by atoms with Crippen LogP contribution in [0.2, 0.25) is 0 Å². The number of amides is 1. The smallest absolute Gasteiger partial charge is 0.303 e. The van der Waals surface area contributed by atoms with E-state index in [1.165, 1.54) is 6.42 Å². The molecule has 1 aromatic rings. The molecule has 1 aliphatic heterocycles. The molecule has 1 aromatic carbocycles. The average molecular weight is 430 g/mol. The molecule has 2 unspecified atom stereocenters. The van der Waals surface area contributed by atoms with Gasteiger partial charge in [-0.3, -0.25) is 9.59 Å². The number of aliphatic carboxylic acids is 1. The Labute approximate surface area is 186 Å². The fraction of sp³-hybridized carbons (Fsp3) is 0.692. The minimum Gasteiger partial charge on any atom is -0.481 e. The molecule has 1 saturated heterocycles. The van der Waals surface area contributed by atoms with Crippen LogP contribution in [0.25, 0.3) is 0 Å². The van der Waals surface area contributed by atoms with E-state index in [2.05, 4.69) is 6.92 Å². The molecule has 1 heterocycles. The molecule has 3 rings (SSSR count). The number of rotatable bonds is 12. The Kier molecular flexibility index (Phi) is 8.53. The van der Waals surface area contributed by atoms with Crippen molar-refractivity contribution in [1.82, 2.24) is 0 Å². The van der Waals surface area contributed by atoms with Gasteiger partial charge >= 0.3 is 5.97 Å². The first kappa shape index (κ1) is 23.8. The van der Waals surface area contributed by atoms with Crippen molar-refractivity contribution < 1.29 is 19.8 Å². The van der Waals surface area contributed by atoms with Crippen molar-refractivity contribution in [2.75, 3.05) is 4.90 Å². The van der Waals surface area contributed by atoms with Crippen LogP contribution >= 0.6 is 0 Å². The van der Waals surface area contributed by atoms with Crippen molar-refractivity contribution in [3.05, 3.63) is 29.8 Å². The Bertz CT molecular complexity index is 743. The predicted molar refractivity (Wildman–Crippen MR) is 123 cm³/mol. The van der Waals surface area contributed by atoms with Crippen LogP contribution in [-0.4, -0.2) is 28.1 Å². The first-order valence-corrected chi connectivity index (χ1v) is 12.3. The van der Waals surface area contributed by atoms with Crippen LogP contribution in [0.4, 0.5) is 5.69 Å². The van der Waals surface area contributed by atoms with E-state index in [0.29, 0.717) is 6.42 Å². The molecule has 0 spiro atoms. The second-order valence-corrected chi connectivity index (χ2v) is 9.62. The summed E-state index contributed by atoms with van der Waals surface area (Å²) in [5.41, 5.74) is 1.87. The van der Waals surface area contributed by atoms with E-state index in [1.807, 2.05) is 29.2 Å². The van der Waals surface area contributed by atoms with E-state index >= 15 is 0 Å². The number of aliphatic hydroxyl groups is 1. The van der Waals surface area contributed by atoms with Crippen LogP contribution in [0.5, 0.6) is 0 Å². The third-order valence-electron chi connectivity index (χ3n) is 7.38. The quantitative estimate of drug-likeness (QED) is 0.399. The Hall–Kier alpha value is -1.88. The monoisotopic (exact) mass is 429 g/mol. The molecule has 1 saturated carbocycles. The van der Waals surface area contributed by atoms with Gasteiger partial charge in [-0.2, -0.15) is 0 Å². The Morgan fingerprint density at radius 1 is 1.19 bits per heavy atom. The van der Waals surface area contributed by atoms with Crippen molar-refractivity contribution in [1.29, 1.82) is 0 Å². The summed E-state index contributed by atoms with van der Waals surface area (Å²) in [5, 5.41) is 20.0. The van der Waals surface area contributed by atoms with Gasteiger partial charge in [-0.1, -0.05) is 51.2 Å². The van der Waals surface area contributed by atoms with Crippen molar-refractivity contribution in [2.24, 2.45) is 5.41 Å². The second-order valence-electron chi connectivity index (χ2n) is 9.62. The summed E-state index contributed by atoms with van der Waals surface area (Å²) in [5.74, 6) is -0.547. The van der Waals surface area contributed by atoms with E-state index in [1.54, 1.807) is 0 Å². The molecule has 31 heavy (non-hydrogen) atoms. The minimum absolute atomic E-state index is 0.00857. The fourth-order valence-electron chi connectivity index (χ4n) is 5.57. The van der Waals surface area contributed by atoms with E-state index in [-0.39, 0.29) is 23.8 Å². The minimum atomic E-state index is -0.728. The Balaban J connectivity index is 1.66. The highest BCUT2D eigenvalue weighted by molar-refractivity contribution is 5.94. The maximum Gasteiger partial charge on any atom is 0.303 e. The molecule has 2 aliphatic rings. The first-order chi connectivity index (χ1) is 15.0. The van der Waals surface area contributed by atoms with Gasteiger partial charge in [0.15, 0.2) is 0 Å². The summed E-state index contributed by atoms with van der Waals surface area (Å²) in [4.78, 5) is 25.5. The van der Waals surface area contributed by atoms with Crippen LogP contribution in [-0.2, 0) is 9.59 Å². The van der Waals surface area contributed by atoms with Gasteiger partial charge < -0.3 is 15.1 Å². The lowest BCUT2D eigenvalue weighted by Gasteiger charge is -2.46. The van der Waals surface area contributed by atoms with Crippen molar-refractivity contribution >= 4 is 17.6 Å². The summed E-state index contributed by atoms with van der Waals surface area (Å²) >= 11 is 0. The van der Waals surface area contributed by atoms with Crippen molar-refractivity contribution in [2.45, 2.75) is 109 Å². The van der Waals surface area contributed by atoms with Gasteiger partial charge in [0, 0.05) is 30.0 Å². The fourth-order valence-corrected chi connectivity index (χ4v) is 5.57. The number of nitrogens with zero attached hydrogens (tertiary/aromatic N) is 1. The summed E-state index contributed by atoms with van der Waals surface area (Å²) in [6, 6.07) is 8.24. The number of unbranched alkanes of at least 4 members (excludes halogenated alkanes) is 3. The molecular formula is C26H39NO4. The second kappa shape index (κ2) is 11.1. The van der Waals surface area contributed by atoms with Gasteiger partial charge in [0.1, 0.15) is 0 Å². The highest BCUT2D eigenvalue weighted by Crippen LogP contribution is 2.53. The van der Waals surface area contributed by atoms with Gasteiger partial charge in [0.05, 0.1) is 6.10 Å². The lowest BCUT2D eigenvalue weighted by molar-refractivity contribution is -0.137. The van der Waals surface area contributed by atoms with Crippen LogP contribution in [0.3, 0.4) is 0 Å². The van der Waals surface area contributed by atoms with Crippen LogP contribution in [0, 0.1) is 5.41 Å². The lowest BCUT2D eigenvalue weighted by atomic mass is 9.61. The number of anilines is 1. The number of carbonyl (C=O) groups excluding carboxylic acids is 1. The topological polar surface area (TPSA) is 77.8 Å². The zero-order valence-corrected chi connectivity index (χ0v) is 19.0. The van der Waals surface area contributed by atoms with E-state index in [0.717, 1.165) is 81.9 Å². The number of carboxylic acids is 1. The van der Waals surface area contributed by atoms with E-state index in [9.17, 15) is 14.7 Å². The van der Waals surface area contributed by atoms with Gasteiger partial charge in [-0.15, -0.1) is 0 Å². The third kappa shape index (κ3) is 5.88. The standard InChI is InChI=1S/C26H39NO4/c1-2-16-26(17-9-18-26)25(31)20-10-7-13-22(19-20)27-21(12-8-14-23(27)28)11-5-3-4-6-15-24(29)30/h7,10,13,19,21,25,31H,2-6,8-9,11-12,14-18H2,1H3,(H,29,30). The zero-order chi connectivity index (χ0) is 22.3. The Morgan fingerprint density at radius 2 is 1.97 bits per heavy atom. The number of hydrogen-bond acceptors (Lipinski definition) is 3. The highest BCUT2D eigenvalue weighted by atomic mass is 16.4. The van der Waals surface area contributed by atoms with E-state index < -0.39 is 12.1 Å². The molecule has 172 valence electrons. The number of carbonyl (C=O) groups is 2. The summed E-state index contributed by atoms with van der Waals surface area (Å²) in [6.45, 7) is 2.18. The predicted octanol–water partition coefficient (Wildman–Crippen LogP) is 6.00. The number of hydrogen-bond donors (Lipinski definition) is 2. The van der Waals surface area contributed by atoms with E-state index in [4.69, 9.17) is 5.11 Å². The Morgan fingerprint density at radius 3 is 2.65 bits per heavy atom. The molecule has 2 fully saturated rings. The first-order valence-electron chi connectivity index (χ1n) is 12.3. The van der Waals surface area contributed by atoms with Crippen LogP contribution in [0.15, 0.2) is 24.3 Å². The molecule has 2 atom stereocenters. The van der Waals surface area contributed by atoms with Gasteiger partial charge in [-0.25, -0.2) is 0 Å². The SMILES string of the molecule is CCCC1(C(O)c2cccc(N3C(=O)CCCC3CCCCCCC(=O)O)c2)CCC1. The summed E-state index contributed by atoms with van der Waals surface area (Å²) < 4.78 is 0. The van der Waals surface area contributed by atoms with Crippen LogP contribution < -0.4 is 4.90 Å². The number of benzene rings is 1. The molecular weight excluding hydrogens is 390 g/mol. The normalized spacial score (nSPS) is 21.5. The van der Waals surface area contributed by atoms with Gasteiger partial charge in [0.2, 0.25) is 5.91 Å². The number of aliphatic hydroxyl groups excluding tert-OH is 1. The molecule has 0 radical (unpaired) electrons. The molecule has 0 bridgehead atoms. The molecule has 5 heteroatoms. The van der Waals surface area contributed by atoms with Crippen molar-refractivity contribution in [3.63, 3.8) is 0 Å². The third-order valence-corrected chi connectivity index (χ3v) is 7.38. The molecule has 5 nitrogen and oxygen atoms in total. The molecule has 1 aliphatic carbocycles. The average Bonchev–Trinajstić information content (AvgIpc) is 2.72. The lowest BCUT2D eigenvalue weighted by Crippen LogP contribution is -2.44.